The molecule has 0 saturated carbocycles. The molecule has 2 aromatic rings. The number of methoxy groups -OCH3 is 1. The molecule has 212 valence electrons. The second kappa shape index (κ2) is 13.8. The number of benzene rings is 1. The Hall–Kier alpha value is -3.16. The maximum absolute atomic E-state index is 14.6. The zero-order valence-electron chi connectivity index (χ0n) is 23.4. The molecule has 4 rings (SSSR count). The van der Waals surface area contributed by atoms with Crippen LogP contribution in [0.25, 0.3) is 0 Å². The molecule has 2 aliphatic rings. The average molecular weight is 542 g/mol. The first-order valence-electron chi connectivity index (χ1n) is 13.8. The maximum atomic E-state index is 14.6. The van der Waals surface area contributed by atoms with Crippen molar-refractivity contribution in [3.05, 3.63) is 36.4 Å². The van der Waals surface area contributed by atoms with E-state index in [2.05, 4.69) is 39.7 Å². The van der Waals surface area contributed by atoms with Crippen LogP contribution in [-0.4, -0.2) is 74.8 Å². The van der Waals surface area contributed by atoms with Gasteiger partial charge in [0.1, 0.15) is 23.5 Å². The number of nitriles is 1. The number of hydrogen-bond acceptors (Lipinski definition) is 9. The van der Waals surface area contributed by atoms with Gasteiger partial charge in [0.25, 0.3) is 0 Å². The van der Waals surface area contributed by atoms with Crippen LogP contribution >= 0.6 is 0 Å². The first-order chi connectivity index (χ1) is 18.9. The van der Waals surface area contributed by atoms with Gasteiger partial charge in [-0.25, -0.2) is 14.4 Å². The number of ether oxygens (including phenoxy) is 4. The van der Waals surface area contributed by atoms with Crippen LogP contribution in [0.3, 0.4) is 0 Å². The molecule has 2 saturated heterocycles. The van der Waals surface area contributed by atoms with E-state index in [4.69, 9.17) is 18.9 Å². The summed E-state index contributed by atoms with van der Waals surface area (Å²) in [6.07, 6.45) is 5.29. The number of piperidine rings is 1. The molecule has 5 atom stereocenters. The number of nitrogens with zero attached hydrogens (tertiary/aromatic N) is 5. The average Bonchev–Trinajstić information content (AvgIpc) is 3.24. The summed E-state index contributed by atoms with van der Waals surface area (Å²) < 4.78 is 37.6. The van der Waals surface area contributed by atoms with Crippen LogP contribution in [0.5, 0.6) is 11.6 Å². The minimum atomic E-state index is -0.250. The van der Waals surface area contributed by atoms with E-state index in [0.717, 1.165) is 12.8 Å². The fourth-order valence-corrected chi connectivity index (χ4v) is 5.51. The summed E-state index contributed by atoms with van der Waals surface area (Å²) in [5, 5.41) is 9.42. The summed E-state index contributed by atoms with van der Waals surface area (Å²) in [5.74, 6) is 1.94. The highest BCUT2D eigenvalue weighted by Crippen LogP contribution is 2.33. The summed E-state index contributed by atoms with van der Waals surface area (Å²) in [6, 6.07) is 7.21. The Kier molecular flexibility index (Phi) is 10.2. The molecule has 10 heteroatoms. The van der Waals surface area contributed by atoms with Crippen LogP contribution < -0.4 is 19.3 Å². The lowest BCUT2D eigenvalue weighted by atomic mass is 9.96. The predicted molar refractivity (Wildman–Crippen MR) is 147 cm³/mol. The van der Waals surface area contributed by atoms with Crippen molar-refractivity contribution in [2.45, 2.75) is 58.3 Å². The van der Waals surface area contributed by atoms with Gasteiger partial charge in [0.15, 0.2) is 0 Å². The van der Waals surface area contributed by atoms with Gasteiger partial charge in [-0.3, -0.25) is 0 Å². The van der Waals surface area contributed by atoms with E-state index in [1.54, 1.807) is 31.6 Å². The molecule has 0 amide bonds. The molecule has 9 nitrogen and oxygen atoms in total. The Morgan fingerprint density at radius 2 is 1.97 bits per heavy atom. The van der Waals surface area contributed by atoms with E-state index in [9.17, 15) is 9.65 Å². The van der Waals surface area contributed by atoms with Gasteiger partial charge in [0.2, 0.25) is 5.88 Å². The van der Waals surface area contributed by atoms with Crippen molar-refractivity contribution in [2.75, 3.05) is 56.4 Å². The molecule has 1 aromatic carbocycles. The number of rotatable bonds is 12. The van der Waals surface area contributed by atoms with Gasteiger partial charge in [-0.05, 0) is 25.5 Å². The first kappa shape index (κ1) is 28.8. The lowest BCUT2D eigenvalue weighted by Gasteiger charge is -2.38. The molecule has 2 aliphatic heterocycles. The number of aromatic nitrogens is 2. The Balaban J connectivity index is 1.36. The predicted octanol–water partition coefficient (Wildman–Crippen LogP) is 4.47. The van der Waals surface area contributed by atoms with E-state index in [-0.39, 0.29) is 35.9 Å². The minimum absolute atomic E-state index is 0.00877. The first-order valence-corrected chi connectivity index (χ1v) is 13.8. The second-order valence-electron chi connectivity index (χ2n) is 10.3. The molecule has 0 aliphatic carbocycles. The van der Waals surface area contributed by atoms with Gasteiger partial charge >= 0.3 is 0 Å². The molecule has 0 N–H and O–H groups in total. The Bertz CT molecular complexity index is 1100. The zero-order chi connectivity index (χ0) is 27.8. The third kappa shape index (κ3) is 7.08. The van der Waals surface area contributed by atoms with Crippen molar-refractivity contribution in [3.63, 3.8) is 0 Å². The number of anilines is 2. The fourth-order valence-electron chi connectivity index (χ4n) is 5.51. The highest BCUT2D eigenvalue weighted by Gasteiger charge is 2.40. The highest BCUT2D eigenvalue weighted by molar-refractivity contribution is 5.52. The van der Waals surface area contributed by atoms with E-state index in [1.807, 2.05) is 6.92 Å². The Morgan fingerprint density at radius 1 is 1.13 bits per heavy atom. The molecule has 2 fully saturated rings. The summed E-state index contributed by atoms with van der Waals surface area (Å²) in [7, 11) is 1.68. The lowest BCUT2D eigenvalue weighted by Crippen LogP contribution is -2.44. The third-order valence-corrected chi connectivity index (χ3v) is 7.67. The van der Waals surface area contributed by atoms with Gasteiger partial charge in [0.05, 0.1) is 43.3 Å². The summed E-state index contributed by atoms with van der Waals surface area (Å²) >= 11 is 0. The maximum Gasteiger partial charge on any atom is 0.232 e. The summed E-state index contributed by atoms with van der Waals surface area (Å²) in [5.41, 5.74) is 0.558. The molecule has 0 unspecified atom stereocenters. The van der Waals surface area contributed by atoms with Gasteiger partial charge in [-0.1, -0.05) is 13.8 Å². The van der Waals surface area contributed by atoms with Crippen molar-refractivity contribution >= 4 is 11.5 Å². The van der Waals surface area contributed by atoms with E-state index in [1.165, 1.54) is 6.07 Å². The van der Waals surface area contributed by atoms with Crippen molar-refractivity contribution in [3.8, 4) is 17.7 Å². The largest absolute Gasteiger partial charge is 0.494 e. The Morgan fingerprint density at radius 3 is 2.67 bits per heavy atom. The molecule has 3 heterocycles. The fraction of sp³-hybridized carbons (Fsp3) is 0.621. The summed E-state index contributed by atoms with van der Waals surface area (Å²) in [6.45, 7) is 9.95. The van der Waals surface area contributed by atoms with Crippen LogP contribution in [-0.2, 0) is 9.47 Å². The zero-order valence-corrected chi connectivity index (χ0v) is 23.4. The van der Waals surface area contributed by atoms with Gasteiger partial charge in [-0.2, -0.15) is 5.26 Å². The number of hydrogen-bond donors (Lipinski definition) is 0. The quantitative estimate of drug-likeness (QED) is 0.361. The molecular weight excluding hydrogens is 501 g/mol. The van der Waals surface area contributed by atoms with Crippen LogP contribution in [0.1, 0.15) is 40.0 Å². The normalized spacial score (nSPS) is 25.0. The van der Waals surface area contributed by atoms with Gasteiger partial charge in [-0.15, -0.1) is 0 Å². The van der Waals surface area contributed by atoms with E-state index >= 15 is 0 Å². The lowest BCUT2D eigenvalue weighted by molar-refractivity contribution is 0.0271. The van der Waals surface area contributed by atoms with E-state index < -0.39 is 0 Å². The molecule has 39 heavy (non-hydrogen) atoms. The number of halogens is 1. The molecular formula is C29H40FN5O4. The van der Waals surface area contributed by atoms with Crippen LogP contribution in [0.2, 0.25) is 0 Å². The highest BCUT2D eigenvalue weighted by atomic mass is 19.1. The standard InChI is InChI=1S/C29H40FN5O4/c1-5-37-22-7-8-23(30)25(15-22)34-12-10-26(20(2)18-34)39-29-17-32-28(16-33-29)35-19-27(38-14-6-13-36-4)21(3)24(35)9-11-31/h7-8,15-17,20-21,24,26-27H,5-6,9-10,12-14,18-19H2,1-4H3/t20-,21+,24+,26-,27+/m1/s1. The summed E-state index contributed by atoms with van der Waals surface area (Å²) in [4.78, 5) is 13.4. The van der Waals surface area contributed by atoms with Gasteiger partial charge in [0, 0.05) is 70.3 Å². The van der Waals surface area contributed by atoms with E-state index in [0.29, 0.717) is 69.0 Å². The van der Waals surface area contributed by atoms with Crippen LogP contribution in [0.15, 0.2) is 30.6 Å². The van der Waals surface area contributed by atoms with Crippen molar-refractivity contribution in [2.24, 2.45) is 11.8 Å². The minimum Gasteiger partial charge on any atom is -0.494 e. The molecule has 0 spiro atoms. The molecule has 0 bridgehead atoms. The Labute approximate surface area is 230 Å². The van der Waals surface area contributed by atoms with Crippen molar-refractivity contribution < 1.29 is 23.3 Å². The van der Waals surface area contributed by atoms with Crippen LogP contribution in [0, 0.1) is 29.0 Å². The molecule has 1 aromatic heterocycles. The van der Waals surface area contributed by atoms with Gasteiger partial charge < -0.3 is 28.7 Å². The topological polar surface area (TPSA) is 93.0 Å². The van der Waals surface area contributed by atoms with Crippen molar-refractivity contribution in [1.29, 1.82) is 5.26 Å². The van der Waals surface area contributed by atoms with Crippen LogP contribution in [0.4, 0.5) is 15.9 Å². The monoisotopic (exact) mass is 541 g/mol. The second-order valence-corrected chi connectivity index (χ2v) is 10.3. The smallest absolute Gasteiger partial charge is 0.232 e. The third-order valence-electron chi connectivity index (χ3n) is 7.67. The molecule has 0 radical (unpaired) electrons. The SMILES string of the molecule is CCOc1ccc(F)c(N2CC[C@@H](Oc3cnc(N4C[C@H](OCCCOC)[C@@H](C)[C@@H]4CC#N)cn3)[C@H](C)C2)c1. The van der Waals surface area contributed by atoms with Crippen molar-refractivity contribution in [1.82, 2.24) is 9.97 Å².